The molecule has 14 heavy (non-hydrogen) atoms. The van der Waals surface area contributed by atoms with Crippen LogP contribution in [0.1, 0.15) is 0 Å². The molecule has 1 aromatic carbocycles. The zero-order chi connectivity index (χ0) is 10.1. The van der Waals surface area contributed by atoms with Gasteiger partial charge < -0.3 is 9.97 Å². The third-order valence-electron chi connectivity index (χ3n) is 1.82. The summed E-state index contributed by atoms with van der Waals surface area (Å²) >= 11 is 8.19. The van der Waals surface area contributed by atoms with Crippen molar-refractivity contribution in [2.75, 3.05) is 0 Å². The first-order chi connectivity index (χ1) is 6.66. The van der Waals surface area contributed by atoms with Crippen molar-refractivity contribution < 1.29 is 4.39 Å². The largest absolute Gasteiger partial charge is 0.337 e. The number of aromatic nitrogens is 2. The minimum Gasteiger partial charge on any atom is -0.337 e. The second kappa shape index (κ2) is 3.67. The molecule has 0 bridgehead atoms. The fraction of sp³-hybridized carbons (Fsp3) is 0. The average Bonchev–Trinajstić information content (AvgIpc) is 2.51. The summed E-state index contributed by atoms with van der Waals surface area (Å²) in [6.07, 6.45) is 1.75. The Kier molecular flexibility index (Phi) is 2.52. The van der Waals surface area contributed by atoms with Crippen molar-refractivity contribution in [3.8, 4) is 11.3 Å². The number of benzene rings is 1. The Balaban J connectivity index is 2.57. The number of aromatic amines is 2. The van der Waals surface area contributed by atoms with Crippen molar-refractivity contribution in [3.63, 3.8) is 0 Å². The fourth-order valence-corrected chi connectivity index (χ4v) is 1.92. The Bertz CT molecular complexity index is 518. The number of nitrogens with one attached hydrogen (secondary N) is 2. The van der Waals surface area contributed by atoms with Gasteiger partial charge in [-0.2, -0.15) is 0 Å². The maximum Gasteiger partial charge on any atom is 0.174 e. The number of halogens is 2. The molecule has 0 atom stereocenters. The van der Waals surface area contributed by atoms with Crippen LogP contribution in [-0.4, -0.2) is 9.97 Å². The fourth-order valence-electron chi connectivity index (χ4n) is 1.19. The van der Waals surface area contributed by atoms with E-state index in [-0.39, 0.29) is 5.82 Å². The highest BCUT2D eigenvalue weighted by molar-refractivity contribution is 9.10. The summed E-state index contributed by atoms with van der Waals surface area (Å²) in [4.78, 5) is 5.81. The van der Waals surface area contributed by atoms with E-state index in [2.05, 4.69) is 25.9 Å². The van der Waals surface area contributed by atoms with Crippen LogP contribution in [-0.2, 0) is 0 Å². The highest BCUT2D eigenvalue weighted by atomic mass is 79.9. The van der Waals surface area contributed by atoms with Crippen LogP contribution in [0.4, 0.5) is 4.39 Å². The Morgan fingerprint density at radius 1 is 1.36 bits per heavy atom. The van der Waals surface area contributed by atoms with Gasteiger partial charge in [-0.05, 0) is 46.3 Å². The van der Waals surface area contributed by atoms with Crippen LogP contribution in [0.2, 0.25) is 0 Å². The molecular weight excluding hydrogens is 267 g/mol. The molecule has 2 aromatic rings. The molecular formula is C9H6BrFN2S. The Morgan fingerprint density at radius 3 is 2.71 bits per heavy atom. The maximum atomic E-state index is 12.8. The Morgan fingerprint density at radius 2 is 2.14 bits per heavy atom. The van der Waals surface area contributed by atoms with Gasteiger partial charge in [0.2, 0.25) is 0 Å². The van der Waals surface area contributed by atoms with Crippen LogP contribution >= 0.6 is 28.1 Å². The third-order valence-corrected chi connectivity index (χ3v) is 2.69. The highest BCUT2D eigenvalue weighted by Crippen LogP contribution is 2.26. The molecule has 5 heteroatoms. The molecule has 2 rings (SSSR count). The average molecular weight is 273 g/mol. The number of hydrogen-bond acceptors (Lipinski definition) is 1. The number of H-pyrrole nitrogens is 2. The molecule has 1 aromatic heterocycles. The van der Waals surface area contributed by atoms with Crippen LogP contribution in [0.15, 0.2) is 28.9 Å². The monoisotopic (exact) mass is 272 g/mol. The summed E-state index contributed by atoms with van der Waals surface area (Å²) in [6, 6.07) is 4.51. The summed E-state index contributed by atoms with van der Waals surface area (Å²) < 4.78 is 14.0. The van der Waals surface area contributed by atoms with Crippen molar-refractivity contribution in [2.24, 2.45) is 0 Å². The molecule has 0 aliphatic heterocycles. The lowest BCUT2D eigenvalue weighted by Gasteiger charge is -2.00. The smallest absolute Gasteiger partial charge is 0.174 e. The van der Waals surface area contributed by atoms with Crippen LogP contribution in [0.25, 0.3) is 11.3 Å². The van der Waals surface area contributed by atoms with Gasteiger partial charge in [0.1, 0.15) is 5.82 Å². The van der Waals surface area contributed by atoms with E-state index in [0.29, 0.717) is 9.24 Å². The number of hydrogen-bond donors (Lipinski definition) is 2. The van der Waals surface area contributed by atoms with E-state index >= 15 is 0 Å². The van der Waals surface area contributed by atoms with Crippen molar-refractivity contribution in [3.05, 3.63) is 39.5 Å². The standard InChI is InChI=1S/C9H6BrFN2S/c10-7-3-5(11)1-2-6(7)8-4-12-9(14)13-8/h1-4H,(H2,12,13,14). The second-order valence-corrected chi connectivity index (χ2v) is 4.04. The molecule has 0 unspecified atom stereocenters. The van der Waals surface area contributed by atoms with Gasteiger partial charge >= 0.3 is 0 Å². The van der Waals surface area contributed by atoms with E-state index in [1.165, 1.54) is 12.1 Å². The van der Waals surface area contributed by atoms with Crippen LogP contribution in [0, 0.1) is 10.6 Å². The Labute approximate surface area is 93.3 Å². The molecule has 0 aliphatic rings. The minimum absolute atomic E-state index is 0.269. The molecule has 0 aliphatic carbocycles. The zero-order valence-corrected chi connectivity index (χ0v) is 9.38. The molecule has 0 saturated heterocycles. The van der Waals surface area contributed by atoms with E-state index in [9.17, 15) is 4.39 Å². The maximum absolute atomic E-state index is 12.8. The van der Waals surface area contributed by atoms with Gasteiger partial charge in [-0.25, -0.2) is 4.39 Å². The van der Waals surface area contributed by atoms with Gasteiger partial charge in [0, 0.05) is 16.2 Å². The topological polar surface area (TPSA) is 31.6 Å². The van der Waals surface area contributed by atoms with Crippen LogP contribution in [0.3, 0.4) is 0 Å². The van der Waals surface area contributed by atoms with Crippen molar-refractivity contribution in [1.82, 2.24) is 9.97 Å². The number of imidazole rings is 1. The molecule has 0 radical (unpaired) electrons. The molecule has 0 amide bonds. The number of rotatable bonds is 1. The molecule has 1 heterocycles. The van der Waals surface area contributed by atoms with Gasteiger partial charge in [-0.1, -0.05) is 0 Å². The van der Waals surface area contributed by atoms with Gasteiger partial charge in [0.25, 0.3) is 0 Å². The lowest BCUT2D eigenvalue weighted by Crippen LogP contribution is -1.81. The first-order valence-corrected chi connectivity index (χ1v) is 5.10. The van der Waals surface area contributed by atoms with Gasteiger partial charge in [-0.3, -0.25) is 0 Å². The summed E-state index contributed by atoms with van der Waals surface area (Å²) in [7, 11) is 0. The predicted molar refractivity (Wildman–Crippen MR) is 59.1 cm³/mol. The molecule has 0 spiro atoms. The quantitative estimate of drug-likeness (QED) is 0.764. The summed E-state index contributed by atoms with van der Waals surface area (Å²) in [5.41, 5.74) is 1.71. The zero-order valence-electron chi connectivity index (χ0n) is 6.97. The lowest BCUT2D eigenvalue weighted by molar-refractivity contribution is 0.627. The first-order valence-electron chi connectivity index (χ1n) is 3.90. The molecule has 2 N–H and O–H groups in total. The van der Waals surface area contributed by atoms with E-state index in [1.807, 2.05) is 0 Å². The molecule has 0 fully saturated rings. The lowest BCUT2D eigenvalue weighted by atomic mass is 10.2. The predicted octanol–water partition coefficient (Wildman–Crippen LogP) is 3.64. The van der Waals surface area contributed by atoms with E-state index in [1.54, 1.807) is 12.3 Å². The van der Waals surface area contributed by atoms with E-state index in [4.69, 9.17) is 12.2 Å². The minimum atomic E-state index is -0.269. The van der Waals surface area contributed by atoms with E-state index < -0.39 is 0 Å². The summed E-state index contributed by atoms with van der Waals surface area (Å²) in [5, 5.41) is 0. The van der Waals surface area contributed by atoms with Crippen LogP contribution in [0.5, 0.6) is 0 Å². The van der Waals surface area contributed by atoms with Gasteiger partial charge in [0.05, 0.1) is 5.69 Å². The third kappa shape index (κ3) is 1.78. The van der Waals surface area contributed by atoms with Gasteiger partial charge in [-0.15, -0.1) is 0 Å². The molecule has 0 saturated carbocycles. The van der Waals surface area contributed by atoms with Crippen LogP contribution < -0.4 is 0 Å². The Hall–Kier alpha value is -0.940. The van der Waals surface area contributed by atoms with Crippen molar-refractivity contribution in [2.45, 2.75) is 0 Å². The normalized spacial score (nSPS) is 10.4. The van der Waals surface area contributed by atoms with E-state index in [0.717, 1.165) is 11.3 Å². The second-order valence-electron chi connectivity index (χ2n) is 2.78. The highest BCUT2D eigenvalue weighted by Gasteiger charge is 2.04. The summed E-state index contributed by atoms with van der Waals surface area (Å²) in [6.45, 7) is 0. The molecule has 72 valence electrons. The SMILES string of the molecule is Fc1ccc(-c2c[nH]c(=S)[nH]2)c(Br)c1. The van der Waals surface area contributed by atoms with Gasteiger partial charge in [0.15, 0.2) is 4.77 Å². The summed E-state index contributed by atoms with van der Waals surface area (Å²) in [5.74, 6) is -0.269. The van der Waals surface area contributed by atoms with Crippen molar-refractivity contribution in [1.29, 1.82) is 0 Å². The van der Waals surface area contributed by atoms with Crippen molar-refractivity contribution >= 4 is 28.1 Å². The molecule has 2 nitrogen and oxygen atoms in total. The first kappa shape index (κ1) is 9.61.